The van der Waals surface area contributed by atoms with E-state index in [2.05, 4.69) is 36.1 Å². The maximum atomic E-state index is 13.6. The zero-order valence-electron chi connectivity index (χ0n) is 25.1. The van der Waals surface area contributed by atoms with Crippen LogP contribution in [0.3, 0.4) is 0 Å². The Morgan fingerprint density at radius 3 is 2.65 bits per heavy atom. The number of methoxy groups -OCH3 is 1. The lowest BCUT2D eigenvalue weighted by atomic mass is 9.98. The van der Waals surface area contributed by atoms with Crippen LogP contribution in [-0.2, 0) is 9.53 Å². The number of rotatable bonds is 11. The molecule has 2 aliphatic rings. The van der Waals surface area contributed by atoms with Crippen molar-refractivity contribution < 1.29 is 14.3 Å². The Morgan fingerprint density at radius 2 is 1.98 bits per heavy atom. The van der Waals surface area contributed by atoms with E-state index in [4.69, 9.17) is 14.7 Å². The van der Waals surface area contributed by atoms with Crippen molar-refractivity contribution in [1.82, 2.24) is 34.7 Å². The number of pyridine rings is 1. The Morgan fingerprint density at radius 1 is 1.16 bits per heavy atom. The van der Waals surface area contributed by atoms with E-state index in [0.717, 1.165) is 35.6 Å². The van der Waals surface area contributed by atoms with Gasteiger partial charge in [0.25, 0.3) is 5.91 Å². The molecule has 0 aromatic carbocycles. The number of carbonyl (C=O) groups excluding carboxylic acids is 2. The fraction of sp³-hybridized carbons (Fsp3) is 0.452. The van der Waals surface area contributed by atoms with Crippen molar-refractivity contribution in [1.29, 1.82) is 0 Å². The minimum absolute atomic E-state index is 0.0732. The number of nitrogens with zero attached hydrogens (tertiary/aromatic N) is 7. The zero-order chi connectivity index (χ0) is 30.1. The first kappa shape index (κ1) is 29.2. The normalized spacial score (nSPS) is 17.7. The highest BCUT2D eigenvalue weighted by molar-refractivity contribution is 7.13. The van der Waals surface area contributed by atoms with Crippen LogP contribution in [0.25, 0.3) is 27.5 Å². The first-order valence-corrected chi connectivity index (χ1v) is 15.8. The molecule has 0 radical (unpaired) electrons. The van der Waals surface area contributed by atoms with E-state index in [0.29, 0.717) is 48.9 Å². The molecule has 0 bridgehead atoms. The largest absolute Gasteiger partial charge is 0.378 e. The van der Waals surface area contributed by atoms with Crippen molar-refractivity contribution in [3.8, 4) is 21.8 Å². The molecular formula is C31H38N8O3S. The lowest BCUT2D eigenvalue weighted by molar-refractivity contribution is -0.145. The molecule has 6 rings (SSSR count). The summed E-state index contributed by atoms with van der Waals surface area (Å²) >= 11 is 1.62. The van der Waals surface area contributed by atoms with Gasteiger partial charge >= 0.3 is 0 Å². The molecule has 43 heavy (non-hydrogen) atoms. The number of likely N-dealkylation sites (N-methyl/N-ethyl adjacent to an activating group) is 1. The van der Waals surface area contributed by atoms with Crippen LogP contribution < -0.4 is 10.2 Å². The van der Waals surface area contributed by atoms with Crippen LogP contribution in [0.15, 0.2) is 48.1 Å². The predicted octanol–water partition coefficient (Wildman–Crippen LogP) is 3.42. The molecule has 0 aliphatic carbocycles. The lowest BCUT2D eigenvalue weighted by Gasteiger charge is -2.47. The van der Waals surface area contributed by atoms with E-state index in [1.807, 2.05) is 39.6 Å². The van der Waals surface area contributed by atoms with Crippen molar-refractivity contribution in [3.63, 3.8) is 0 Å². The molecule has 2 aliphatic heterocycles. The standard InChI is InChI=1S/C31H38N8O3S/c1-5-36(6-2)20(3)16-32-30(40)21-14-25(23-17-33-39-12-9-24(35-29(23)39)27-8-7-13-43-27)34-28(15-21)38-11-10-26(38)31(41)37-18-22(19-37)42-4/h7-9,12-15,17,20,22,26H,5-6,10-11,16,18-19H2,1-4H3,(H,32,40)/t20?,26-/m0/s1. The smallest absolute Gasteiger partial charge is 0.251 e. The van der Waals surface area contributed by atoms with Crippen molar-refractivity contribution in [2.45, 2.75) is 45.4 Å². The van der Waals surface area contributed by atoms with E-state index in [1.165, 1.54) is 0 Å². The first-order chi connectivity index (χ1) is 20.9. The van der Waals surface area contributed by atoms with Gasteiger partial charge in [-0.15, -0.1) is 11.3 Å². The van der Waals surface area contributed by atoms with Gasteiger partial charge < -0.3 is 19.9 Å². The van der Waals surface area contributed by atoms with Crippen molar-refractivity contribution in [2.24, 2.45) is 0 Å². The molecule has 2 saturated heterocycles. The number of nitrogens with one attached hydrogen (secondary N) is 1. The zero-order valence-corrected chi connectivity index (χ0v) is 25.9. The summed E-state index contributed by atoms with van der Waals surface area (Å²) < 4.78 is 7.08. The predicted molar refractivity (Wildman–Crippen MR) is 167 cm³/mol. The number of carbonyl (C=O) groups is 2. The summed E-state index contributed by atoms with van der Waals surface area (Å²) in [6.45, 7) is 10.6. The number of aromatic nitrogens is 4. The van der Waals surface area contributed by atoms with Crippen LogP contribution in [0.2, 0.25) is 0 Å². The fourth-order valence-corrected chi connectivity index (χ4v) is 6.45. The molecule has 2 amide bonds. The van der Waals surface area contributed by atoms with Crippen molar-refractivity contribution >= 4 is 34.6 Å². The summed E-state index contributed by atoms with van der Waals surface area (Å²) in [5.74, 6) is 0.493. The van der Waals surface area contributed by atoms with Gasteiger partial charge in [-0.2, -0.15) is 5.10 Å². The van der Waals surface area contributed by atoms with Gasteiger partial charge in [-0.05, 0) is 56.1 Å². The SMILES string of the molecule is CCN(CC)C(C)CNC(=O)c1cc(-c2cnn3ccc(-c4cccs4)nc23)nc(N2CC[C@H]2C(=O)N2CC(OC)C2)c1. The molecule has 2 fully saturated rings. The van der Waals surface area contributed by atoms with Gasteiger partial charge in [-0.1, -0.05) is 19.9 Å². The molecule has 0 spiro atoms. The van der Waals surface area contributed by atoms with E-state index in [9.17, 15) is 9.59 Å². The maximum absolute atomic E-state index is 13.6. The molecule has 0 saturated carbocycles. The van der Waals surface area contributed by atoms with E-state index < -0.39 is 0 Å². The van der Waals surface area contributed by atoms with E-state index in [1.54, 1.807) is 41.3 Å². The average molecular weight is 603 g/mol. The summed E-state index contributed by atoms with van der Waals surface area (Å²) in [5, 5.41) is 9.67. The summed E-state index contributed by atoms with van der Waals surface area (Å²) in [6, 6.07) is 9.46. The molecule has 4 aromatic rings. The third kappa shape index (κ3) is 5.74. The number of likely N-dealkylation sites (tertiary alicyclic amines) is 1. The second-order valence-electron chi connectivity index (χ2n) is 11.1. The molecule has 2 atom stereocenters. The number of amides is 2. The minimum atomic E-state index is -0.313. The number of anilines is 1. The van der Waals surface area contributed by atoms with Gasteiger partial charge in [0.05, 0.1) is 34.1 Å². The molecule has 12 heteroatoms. The molecule has 4 aromatic heterocycles. The lowest BCUT2D eigenvalue weighted by Crippen LogP contribution is -2.63. The summed E-state index contributed by atoms with van der Waals surface area (Å²) in [7, 11) is 1.67. The van der Waals surface area contributed by atoms with Gasteiger partial charge in [-0.25, -0.2) is 14.5 Å². The number of ether oxygens (including phenoxy) is 1. The third-order valence-corrected chi connectivity index (χ3v) is 9.47. The summed E-state index contributed by atoms with van der Waals surface area (Å²) in [4.78, 5) is 44.0. The first-order valence-electron chi connectivity index (χ1n) is 14.9. The van der Waals surface area contributed by atoms with Gasteiger partial charge in [0.15, 0.2) is 5.65 Å². The molecule has 226 valence electrons. The Labute approximate surface area is 255 Å². The van der Waals surface area contributed by atoms with E-state index >= 15 is 0 Å². The molecular weight excluding hydrogens is 564 g/mol. The number of hydrogen-bond donors (Lipinski definition) is 1. The molecule has 1 unspecified atom stereocenters. The fourth-order valence-electron chi connectivity index (χ4n) is 5.76. The number of hydrogen-bond acceptors (Lipinski definition) is 9. The Hall–Kier alpha value is -3.87. The third-order valence-electron chi connectivity index (χ3n) is 8.58. The second kappa shape index (κ2) is 12.4. The Balaban J connectivity index is 1.34. The van der Waals surface area contributed by atoms with Gasteiger partial charge in [0, 0.05) is 51.1 Å². The van der Waals surface area contributed by atoms with Crippen LogP contribution in [0, 0.1) is 0 Å². The minimum Gasteiger partial charge on any atom is -0.378 e. The van der Waals surface area contributed by atoms with Crippen LogP contribution in [0.4, 0.5) is 5.82 Å². The van der Waals surface area contributed by atoms with Crippen LogP contribution >= 0.6 is 11.3 Å². The van der Waals surface area contributed by atoms with Gasteiger partial charge in [0.2, 0.25) is 5.91 Å². The number of thiophene rings is 1. The van der Waals surface area contributed by atoms with Gasteiger partial charge in [-0.3, -0.25) is 14.5 Å². The Kier molecular flexibility index (Phi) is 8.42. The average Bonchev–Trinajstić information content (AvgIpc) is 3.65. The molecule has 1 N–H and O–H groups in total. The Bertz CT molecular complexity index is 1600. The molecule has 6 heterocycles. The highest BCUT2D eigenvalue weighted by Crippen LogP contribution is 2.33. The monoisotopic (exact) mass is 602 g/mol. The summed E-state index contributed by atoms with van der Waals surface area (Å²) in [5.41, 5.74) is 3.30. The maximum Gasteiger partial charge on any atom is 0.251 e. The highest BCUT2D eigenvalue weighted by atomic mass is 32.1. The number of fused-ring (bicyclic) bond motifs is 1. The summed E-state index contributed by atoms with van der Waals surface area (Å²) in [6.07, 6.45) is 4.46. The highest BCUT2D eigenvalue weighted by Gasteiger charge is 2.42. The van der Waals surface area contributed by atoms with Crippen LogP contribution in [0.5, 0.6) is 0 Å². The quantitative estimate of drug-likeness (QED) is 0.278. The van der Waals surface area contributed by atoms with Crippen molar-refractivity contribution in [3.05, 3.63) is 53.7 Å². The molecule has 11 nitrogen and oxygen atoms in total. The van der Waals surface area contributed by atoms with Crippen molar-refractivity contribution in [2.75, 3.05) is 51.3 Å². The van der Waals surface area contributed by atoms with Crippen LogP contribution in [0.1, 0.15) is 37.6 Å². The van der Waals surface area contributed by atoms with Crippen LogP contribution in [-0.4, -0.2) is 106 Å². The topological polar surface area (TPSA) is 108 Å². The van der Waals surface area contributed by atoms with Gasteiger partial charge in [0.1, 0.15) is 11.9 Å². The second-order valence-corrected chi connectivity index (χ2v) is 12.0. The van der Waals surface area contributed by atoms with E-state index in [-0.39, 0.29) is 30.0 Å².